The molecule has 1 aromatic carbocycles. The molecule has 18 heavy (non-hydrogen) atoms. The van der Waals surface area contributed by atoms with Crippen LogP contribution in [0.25, 0.3) is 0 Å². The monoisotopic (exact) mass is 269 g/mol. The van der Waals surface area contributed by atoms with E-state index in [1.54, 1.807) is 0 Å². The molecule has 5 heteroatoms. The highest BCUT2D eigenvalue weighted by molar-refractivity contribution is 7.92. The summed E-state index contributed by atoms with van der Waals surface area (Å²) in [5.74, 6) is 1.38. The van der Waals surface area contributed by atoms with E-state index in [1.165, 1.54) is 0 Å². The smallest absolute Gasteiger partial charge is 0.157 e. The summed E-state index contributed by atoms with van der Waals surface area (Å²) in [4.78, 5) is 0. The first kappa shape index (κ1) is 13.4. The van der Waals surface area contributed by atoms with Crippen LogP contribution in [0.5, 0.6) is 5.75 Å². The minimum absolute atomic E-state index is 0.132. The molecule has 0 amide bonds. The SMILES string of the molecule is CC(CCN)c1ccccc1OC1CS(=O)(=O)C1. The number of hydrogen-bond donors (Lipinski definition) is 1. The number of ether oxygens (including phenoxy) is 1. The third-order valence-corrected chi connectivity index (χ3v) is 4.98. The maximum atomic E-state index is 11.1. The number of benzene rings is 1. The predicted octanol–water partition coefficient (Wildman–Crippen LogP) is 1.31. The lowest BCUT2D eigenvalue weighted by Gasteiger charge is -2.28. The molecule has 4 nitrogen and oxygen atoms in total. The minimum Gasteiger partial charge on any atom is -0.488 e. The summed E-state index contributed by atoms with van der Waals surface area (Å²) in [6, 6.07) is 7.78. The standard InChI is InChI=1S/C13H19NO3S/c1-10(6-7-14)12-4-2-3-5-13(12)17-11-8-18(15,16)9-11/h2-5,10-11H,6-9,14H2,1H3. The van der Waals surface area contributed by atoms with Crippen LogP contribution in [0.3, 0.4) is 0 Å². The molecule has 2 rings (SSSR count). The van der Waals surface area contributed by atoms with Crippen molar-refractivity contribution in [3.05, 3.63) is 29.8 Å². The van der Waals surface area contributed by atoms with Gasteiger partial charge in [-0.25, -0.2) is 8.42 Å². The first-order chi connectivity index (χ1) is 8.52. The van der Waals surface area contributed by atoms with E-state index in [0.29, 0.717) is 12.5 Å². The lowest BCUT2D eigenvalue weighted by molar-refractivity contribution is 0.227. The van der Waals surface area contributed by atoms with Crippen molar-refractivity contribution in [3.8, 4) is 5.75 Å². The predicted molar refractivity (Wildman–Crippen MR) is 71.6 cm³/mol. The maximum absolute atomic E-state index is 11.1. The van der Waals surface area contributed by atoms with E-state index in [-0.39, 0.29) is 17.6 Å². The summed E-state index contributed by atoms with van der Waals surface area (Å²) in [5, 5.41) is 0. The van der Waals surface area contributed by atoms with E-state index in [1.807, 2.05) is 24.3 Å². The summed E-state index contributed by atoms with van der Waals surface area (Å²) in [6.45, 7) is 2.74. The number of sulfone groups is 1. The third-order valence-electron chi connectivity index (χ3n) is 3.22. The molecule has 0 radical (unpaired) electrons. The second-order valence-corrected chi connectivity index (χ2v) is 6.99. The van der Waals surface area contributed by atoms with E-state index in [4.69, 9.17) is 10.5 Å². The summed E-state index contributed by atoms with van der Waals surface area (Å²) in [6.07, 6.45) is 0.699. The second kappa shape index (κ2) is 5.28. The molecule has 0 bridgehead atoms. The van der Waals surface area contributed by atoms with Gasteiger partial charge in [-0.3, -0.25) is 0 Å². The number of para-hydroxylation sites is 1. The Kier molecular flexibility index (Phi) is 3.92. The largest absolute Gasteiger partial charge is 0.488 e. The molecule has 100 valence electrons. The molecule has 1 aliphatic rings. The maximum Gasteiger partial charge on any atom is 0.157 e. The lowest BCUT2D eigenvalue weighted by atomic mass is 9.97. The Morgan fingerprint density at radius 1 is 1.39 bits per heavy atom. The van der Waals surface area contributed by atoms with Gasteiger partial charge in [-0.05, 0) is 30.5 Å². The molecular weight excluding hydrogens is 250 g/mol. The first-order valence-electron chi connectivity index (χ1n) is 6.18. The van der Waals surface area contributed by atoms with Crippen molar-refractivity contribution in [3.63, 3.8) is 0 Å². The van der Waals surface area contributed by atoms with Crippen LogP contribution >= 0.6 is 0 Å². The Balaban J connectivity index is 2.08. The highest BCUT2D eigenvalue weighted by Gasteiger charge is 2.35. The van der Waals surface area contributed by atoms with Gasteiger partial charge in [-0.1, -0.05) is 25.1 Å². The second-order valence-electron chi connectivity index (χ2n) is 4.83. The average Bonchev–Trinajstić information content (AvgIpc) is 2.27. The zero-order valence-electron chi connectivity index (χ0n) is 10.5. The Morgan fingerprint density at radius 2 is 2.06 bits per heavy atom. The van der Waals surface area contributed by atoms with Gasteiger partial charge in [-0.2, -0.15) is 0 Å². The van der Waals surface area contributed by atoms with Crippen molar-refractivity contribution in [2.45, 2.75) is 25.4 Å². The Morgan fingerprint density at radius 3 is 2.67 bits per heavy atom. The minimum atomic E-state index is -2.84. The molecule has 1 atom stereocenters. The molecule has 1 aliphatic heterocycles. The fourth-order valence-electron chi connectivity index (χ4n) is 2.17. The van der Waals surface area contributed by atoms with Crippen molar-refractivity contribution in [1.82, 2.24) is 0 Å². The number of hydrogen-bond acceptors (Lipinski definition) is 4. The first-order valence-corrected chi connectivity index (χ1v) is 8.00. The Labute approximate surface area is 108 Å². The van der Waals surface area contributed by atoms with Gasteiger partial charge in [0, 0.05) is 0 Å². The molecule has 0 aliphatic carbocycles. The molecule has 2 N–H and O–H groups in total. The summed E-state index contributed by atoms with van der Waals surface area (Å²) >= 11 is 0. The van der Waals surface area contributed by atoms with Crippen LogP contribution in [0.15, 0.2) is 24.3 Å². The van der Waals surface area contributed by atoms with Crippen LogP contribution in [-0.4, -0.2) is 32.6 Å². The molecule has 0 aromatic heterocycles. The van der Waals surface area contributed by atoms with Crippen molar-refractivity contribution in [1.29, 1.82) is 0 Å². The third kappa shape index (κ3) is 3.03. The quantitative estimate of drug-likeness (QED) is 0.875. The molecule has 0 saturated carbocycles. The van der Waals surface area contributed by atoms with Gasteiger partial charge in [-0.15, -0.1) is 0 Å². The van der Waals surface area contributed by atoms with Gasteiger partial charge >= 0.3 is 0 Å². The van der Waals surface area contributed by atoms with E-state index >= 15 is 0 Å². The van der Waals surface area contributed by atoms with Crippen molar-refractivity contribution >= 4 is 9.84 Å². The van der Waals surface area contributed by atoms with Crippen molar-refractivity contribution in [2.24, 2.45) is 5.73 Å². The average molecular weight is 269 g/mol. The zero-order chi connectivity index (χ0) is 13.2. The fraction of sp³-hybridized carbons (Fsp3) is 0.538. The summed E-state index contributed by atoms with van der Waals surface area (Å²) in [7, 11) is -2.84. The van der Waals surface area contributed by atoms with Crippen molar-refractivity contribution in [2.75, 3.05) is 18.1 Å². The van der Waals surface area contributed by atoms with E-state index in [0.717, 1.165) is 17.7 Å². The number of rotatable bonds is 5. The number of nitrogens with two attached hydrogens (primary N) is 1. The molecule has 1 fully saturated rings. The van der Waals surface area contributed by atoms with Crippen LogP contribution in [-0.2, 0) is 9.84 Å². The van der Waals surface area contributed by atoms with Crippen LogP contribution in [0.2, 0.25) is 0 Å². The van der Waals surface area contributed by atoms with Crippen LogP contribution in [0.4, 0.5) is 0 Å². The van der Waals surface area contributed by atoms with E-state index in [9.17, 15) is 8.42 Å². The molecule has 0 spiro atoms. The van der Waals surface area contributed by atoms with Gasteiger partial charge in [0.05, 0.1) is 11.5 Å². The highest BCUT2D eigenvalue weighted by Crippen LogP contribution is 2.30. The lowest BCUT2D eigenvalue weighted by Crippen LogP contribution is -2.45. The van der Waals surface area contributed by atoms with Crippen LogP contribution in [0, 0.1) is 0 Å². The molecule has 1 unspecified atom stereocenters. The van der Waals surface area contributed by atoms with Gasteiger partial charge in [0.25, 0.3) is 0 Å². The van der Waals surface area contributed by atoms with Crippen LogP contribution in [0.1, 0.15) is 24.8 Å². The highest BCUT2D eigenvalue weighted by atomic mass is 32.2. The molecular formula is C13H19NO3S. The van der Waals surface area contributed by atoms with E-state index < -0.39 is 9.84 Å². The normalized spacial score (nSPS) is 20.1. The Hall–Kier alpha value is -1.07. The van der Waals surface area contributed by atoms with E-state index in [2.05, 4.69) is 6.92 Å². The summed E-state index contributed by atoms with van der Waals surface area (Å²) in [5.41, 5.74) is 6.67. The van der Waals surface area contributed by atoms with Gasteiger partial charge < -0.3 is 10.5 Å². The molecule has 1 saturated heterocycles. The van der Waals surface area contributed by atoms with Crippen LogP contribution < -0.4 is 10.5 Å². The van der Waals surface area contributed by atoms with Gasteiger partial charge in [0.15, 0.2) is 9.84 Å². The molecule has 1 aromatic rings. The summed E-state index contributed by atoms with van der Waals surface area (Å²) < 4.78 is 28.0. The Bertz CT molecular complexity index is 501. The fourth-order valence-corrected chi connectivity index (χ4v) is 3.34. The molecule has 1 heterocycles. The van der Waals surface area contributed by atoms with Gasteiger partial charge in [0.1, 0.15) is 11.9 Å². The van der Waals surface area contributed by atoms with Gasteiger partial charge in [0.2, 0.25) is 0 Å². The van der Waals surface area contributed by atoms with Crippen molar-refractivity contribution < 1.29 is 13.2 Å². The topological polar surface area (TPSA) is 69.4 Å². The zero-order valence-corrected chi connectivity index (χ0v) is 11.3.